The maximum Gasteiger partial charge on any atom is 0.253 e. The summed E-state index contributed by atoms with van der Waals surface area (Å²) in [4.78, 5) is 14.8. The summed E-state index contributed by atoms with van der Waals surface area (Å²) >= 11 is 0. The molecule has 0 spiro atoms. The van der Waals surface area contributed by atoms with Gasteiger partial charge >= 0.3 is 0 Å². The van der Waals surface area contributed by atoms with Gasteiger partial charge in [-0.05, 0) is 64.7 Å². The van der Waals surface area contributed by atoms with Crippen LogP contribution in [0.1, 0.15) is 17.8 Å². The Bertz CT molecular complexity index is 692. The Kier molecular flexibility index (Phi) is 6.71. The molecule has 0 unspecified atom stereocenters. The van der Waals surface area contributed by atoms with Gasteiger partial charge in [-0.1, -0.05) is 0 Å². The molecule has 2 rings (SSSR count). The van der Waals surface area contributed by atoms with Crippen LogP contribution in [0.5, 0.6) is 5.75 Å². The minimum Gasteiger partial charge on any atom is -0.494 e. The minimum absolute atomic E-state index is 0.240. The molecule has 0 amide bonds. The molecular weight excluding hydrogens is 316 g/mol. The summed E-state index contributed by atoms with van der Waals surface area (Å²) in [7, 11) is 4.10. The lowest BCUT2D eigenvalue weighted by Gasteiger charge is -2.11. The molecule has 7 nitrogen and oxygen atoms in total. The van der Waals surface area contributed by atoms with Gasteiger partial charge in [0.15, 0.2) is 0 Å². The normalized spacial score (nSPS) is 11.6. The van der Waals surface area contributed by atoms with Crippen molar-refractivity contribution in [1.29, 1.82) is 0 Å². The number of hydrogen-bond donors (Lipinski definition) is 2. The van der Waals surface area contributed by atoms with E-state index in [0.717, 1.165) is 35.8 Å². The number of ether oxygens (including phenoxy) is 1. The van der Waals surface area contributed by atoms with E-state index in [0.29, 0.717) is 12.6 Å². The number of nitrogens with zero attached hydrogens (tertiary/aromatic N) is 4. The Morgan fingerprint density at radius 3 is 2.40 bits per heavy atom. The van der Waals surface area contributed by atoms with Crippen molar-refractivity contribution < 1.29 is 4.74 Å². The molecule has 0 saturated carbocycles. The van der Waals surface area contributed by atoms with Crippen LogP contribution in [0.4, 0.5) is 11.6 Å². The summed E-state index contributed by atoms with van der Waals surface area (Å²) in [6, 6.07) is 9.48. The largest absolute Gasteiger partial charge is 0.494 e. The maximum atomic E-state index is 5.93. The smallest absolute Gasteiger partial charge is 0.253 e. The summed E-state index contributed by atoms with van der Waals surface area (Å²) in [6.45, 7) is 5.49. The molecule has 1 aromatic heterocycles. The summed E-state index contributed by atoms with van der Waals surface area (Å²) in [6.07, 6.45) is 0.989. The van der Waals surface area contributed by atoms with Crippen molar-refractivity contribution in [3.8, 4) is 5.75 Å². The molecule has 0 bridgehead atoms. The molecule has 0 aliphatic carbocycles. The van der Waals surface area contributed by atoms with E-state index in [1.54, 1.807) is 0 Å². The molecule has 1 heterocycles. The zero-order valence-corrected chi connectivity index (χ0v) is 15.3. The zero-order chi connectivity index (χ0) is 18.2. The number of nitrogens with one attached hydrogen (secondary N) is 1. The maximum absolute atomic E-state index is 5.93. The van der Waals surface area contributed by atoms with E-state index in [1.165, 1.54) is 0 Å². The average Bonchev–Trinajstić information content (AvgIpc) is 2.51. The van der Waals surface area contributed by atoms with Crippen molar-refractivity contribution in [3.63, 3.8) is 0 Å². The van der Waals surface area contributed by atoms with Gasteiger partial charge in [0.1, 0.15) is 5.75 Å². The van der Waals surface area contributed by atoms with Crippen molar-refractivity contribution in [3.05, 3.63) is 41.7 Å². The molecule has 7 heteroatoms. The molecule has 0 atom stereocenters. The summed E-state index contributed by atoms with van der Waals surface area (Å²) < 4.78 is 5.70. The average molecular weight is 342 g/mol. The Morgan fingerprint density at radius 2 is 1.80 bits per heavy atom. The number of hydrogen-bond acceptors (Lipinski definition) is 5. The highest BCUT2D eigenvalue weighted by molar-refractivity contribution is 5.93. The van der Waals surface area contributed by atoms with Crippen LogP contribution in [0.2, 0.25) is 0 Å². The highest BCUT2D eigenvalue weighted by atomic mass is 16.5. The summed E-state index contributed by atoms with van der Waals surface area (Å²) in [5.74, 6) is 1.42. The number of nitrogens with two attached hydrogens (primary N) is 1. The van der Waals surface area contributed by atoms with Gasteiger partial charge in [0.2, 0.25) is 5.96 Å². The number of guanidine groups is 1. The first kappa shape index (κ1) is 18.7. The van der Waals surface area contributed by atoms with Gasteiger partial charge in [0, 0.05) is 23.6 Å². The number of rotatable bonds is 7. The Morgan fingerprint density at radius 1 is 1.16 bits per heavy atom. The van der Waals surface area contributed by atoms with Crippen LogP contribution < -0.4 is 15.8 Å². The monoisotopic (exact) mass is 342 g/mol. The molecule has 0 aliphatic rings. The number of aryl methyl sites for hydroxylation is 2. The summed E-state index contributed by atoms with van der Waals surface area (Å²) in [5.41, 5.74) is 8.46. The molecule has 1 aromatic carbocycles. The van der Waals surface area contributed by atoms with Crippen LogP contribution in [0.25, 0.3) is 0 Å². The van der Waals surface area contributed by atoms with Crippen LogP contribution in [-0.2, 0) is 0 Å². The third kappa shape index (κ3) is 6.76. The second kappa shape index (κ2) is 8.98. The van der Waals surface area contributed by atoms with Crippen molar-refractivity contribution in [2.24, 2.45) is 10.7 Å². The van der Waals surface area contributed by atoms with E-state index in [9.17, 15) is 0 Å². The molecule has 2 aromatic rings. The van der Waals surface area contributed by atoms with Gasteiger partial charge < -0.3 is 20.7 Å². The fourth-order valence-corrected chi connectivity index (χ4v) is 2.25. The van der Waals surface area contributed by atoms with E-state index < -0.39 is 0 Å². The van der Waals surface area contributed by atoms with Crippen LogP contribution >= 0.6 is 0 Å². The van der Waals surface area contributed by atoms with Gasteiger partial charge in [-0.25, -0.2) is 9.97 Å². The number of benzene rings is 1. The fourth-order valence-electron chi connectivity index (χ4n) is 2.25. The van der Waals surface area contributed by atoms with Crippen molar-refractivity contribution in [1.82, 2.24) is 14.9 Å². The molecule has 0 aliphatic heterocycles. The van der Waals surface area contributed by atoms with E-state index in [1.807, 2.05) is 44.2 Å². The van der Waals surface area contributed by atoms with Crippen LogP contribution in [0.15, 0.2) is 35.3 Å². The first-order valence-corrected chi connectivity index (χ1v) is 8.23. The SMILES string of the molecule is Cc1cc(C)nc(/N=C(/N)Nc2ccc(OCCCN(C)C)cc2)n1. The zero-order valence-electron chi connectivity index (χ0n) is 15.3. The predicted octanol–water partition coefficient (Wildman–Crippen LogP) is 2.48. The molecule has 3 N–H and O–H groups in total. The van der Waals surface area contributed by atoms with Gasteiger partial charge in [0.05, 0.1) is 6.61 Å². The molecule has 0 saturated heterocycles. The lowest BCUT2D eigenvalue weighted by molar-refractivity contribution is 0.281. The Balaban J connectivity index is 1.90. The molecule has 0 radical (unpaired) electrons. The molecule has 0 fully saturated rings. The highest BCUT2D eigenvalue weighted by Crippen LogP contribution is 2.16. The minimum atomic E-state index is 0.240. The fraction of sp³-hybridized carbons (Fsp3) is 0.389. The van der Waals surface area contributed by atoms with Gasteiger partial charge in [-0.15, -0.1) is 0 Å². The van der Waals surface area contributed by atoms with E-state index >= 15 is 0 Å². The Hall–Kier alpha value is -2.67. The third-order valence-corrected chi connectivity index (χ3v) is 3.34. The highest BCUT2D eigenvalue weighted by Gasteiger charge is 2.01. The lowest BCUT2D eigenvalue weighted by atomic mass is 10.3. The van der Waals surface area contributed by atoms with E-state index in [4.69, 9.17) is 10.5 Å². The van der Waals surface area contributed by atoms with Crippen LogP contribution in [0, 0.1) is 13.8 Å². The molecular formula is C18H26N6O. The molecule has 134 valence electrons. The second-order valence-electron chi connectivity index (χ2n) is 6.10. The number of anilines is 1. The number of aromatic nitrogens is 2. The predicted molar refractivity (Wildman–Crippen MR) is 102 cm³/mol. The van der Waals surface area contributed by atoms with Crippen molar-refractivity contribution in [2.45, 2.75) is 20.3 Å². The van der Waals surface area contributed by atoms with Gasteiger partial charge in [0.25, 0.3) is 5.95 Å². The first-order chi connectivity index (χ1) is 11.9. The van der Waals surface area contributed by atoms with Gasteiger partial charge in [-0.2, -0.15) is 4.99 Å². The standard InChI is InChI=1S/C18H26N6O/c1-13-12-14(2)21-18(20-13)23-17(19)22-15-6-8-16(9-7-15)25-11-5-10-24(3)4/h6-9,12H,5,10-11H2,1-4H3,(H3,19,20,21,22,23). The van der Waals surface area contributed by atoms with Crippen LogP contribution in [-0.4, -0.2) is 48.1 Å². The second-order valence-corrected chi connectivity index (χ2v) is 6.10. The number of aliphatic imine (C=N–C) groups is 1. The van der Waals surface area contributed by atoms with Crippen molar-refractivity contribution in [2.75, 3.05) is 32.6 Å². The lowest BCUT2D eigenvalue weighted by Crippen LogP contribution is -2.22. The van der Waals surface area contributed by atoms with E-state index in [-0.39, 0.29) is 5.96 Å². The first-order valence-electron chi connectivity index (χ1n) is 8.23. The van der Waals surface area contributed by atoms with E-state index in [2.05, 4.69) is 39.3 Å². The third-order valence-electron chi connectivity index (χ3n) is 3.34. The topological polar surface area (TPSA) is 88.7 Å². The van der Waals surface area contributed by atoms with Crippen molar-refractivity contribution >= 4 is 17.6 Å². The Labute approximate surface area is 149 Å². The molecule has 25 heavy (non-hydrogen) atoms. The summed E-state index contributed by atoms with van der Waals surface area (Å²) in [5, 5.41) is 3.02. The van der Waals surface area contributed by atoms with Gasteiger partial charge in [-0.3, -0.25) is 0 Å². The quantitative estimate of drug-likeness (QED) is 0.456. The van der Waals surface area contributed by atoms with Crippen LogP contribution in [0.3, 0.4) is 0 Å².